The molecule has 1 N–H and O–H groups in total. The van der Waals surface area contributed by atoms with E-state index in [0.717, 1.165) is 24.1 Å². The van der Waals surface area contributed by atoms with Gasteiger partial charge >= 0.3 is 0 Å². The Morgan fingerprint density at radius 3 is 1.98 bits per heavy atom. The number of amides is 3. The highest BCUT2D eigenvalue weighted by molar-refractivity contribution is 5.97. The van der Waals surface area contributed by atoms with Gasteiger partial charge in [-0.25, -0.2) is 8.78 Å². The van der Waals surface area contributed by atoms with Gasteiger partial charge in [-0.05, 0) is 91.3 Å². The van der Waals surface area contributed by atoms with Crippen molar-refractivity contribution in [3.05, 3.63) is 101 Å². The molecule has 0 spiro atoms. The third-order valence-corrected chi connectivity index (χ3v) is 8.67. The minimum atomic E-state index is -0.962. The van der Waals surface area contributed by atoms with E-state index >= 15 is 0 Å². The SMILES string of the molecule is CC(C)C(NC(=O)C1(c2ccc(F)cc2)CCN(C(=O)c2ccc(N3CCCCC3=O)cc2)CC1)c1ccc(F)cc1. The number of anilines is 1. The number of carbonyl (C=O) groups excluding carboxylic acids is 3. The Kier molecular flexibility index (Phi) is 8.71. The van der Waals surface area contributed by atoms with E-state index in [0.29, 0.717) is 50.0 Å². The molecule has 3 aromatic carbocycles. The Labute approximate surface area is 245 Å². The number of hydrogen-bond donors (Lipinski definition) is 1. The maximum absolute atomic E-state index is 14.1. The van der Waals surface area contributed by atoms with Gasteiger partial charge in [-0.1, -0.05) is 38.1 Å². The van der Waals surface area contributed by atoms with Crippen LogP contribution < -0.4 is 10.2 Å². The molecule has 2 fully saturated rings. The molecule has 3 aromatic rings. The van der Waals surface area contributed by atoms with Crippen molar-refractivity contribution in [1.29, 1.82) is 0 Å². The summed E-state index contributed by atoms with van der Waals surface area (Å²) in [6, 6.07) is 18.9. The fourth-order valence-electron chi connectivity index (χ4n) is 6.14. The van der Waals surface area contributed by atoms with E-state index in [9.17, 15) is 23.2 Å². The lowest BCUT2D eigenvalue weighted by molar-refractivity contribution is -0.129. The van der Waals surface area contributed by atoms with Gasteiger partial charge in [0.25, 0.3) is 5.91 Å². The number of nitrogens with zero attached hydrogens (tertiary/aromatic N) is 2. The van der Waals surface area contributed by atoms with Crippen LogP contribution in [0.15, 0.2) is 72.8 Å². The third-order valence-electron chi connectivity index (χ3n) is 8.67. The molecule has 2 aliphatic heterocycles. The lowest BCUT2D eigenvalue weighted by atomic mass is 9.71. The van der Waals surface area contributed by atoms with Crippen LogP contribution in [0, 0.1) is 17.6 Å². The molecular weight excluding hydrogens is 536 g/mol. The minimum Gasteiger partial charge on any atom is -0.348 e. The second kappa shape index (κ2) is 12.4. The first kappa shape index (κ1) is 29.4. The van der Waals surface area contributed by atoms with Crippen molar-refractivity contribution in [1.82, 2.24) is 10.2 Å². The van der Waals surface area contributed by atoms with E-state index < -0.39 is 5.41 Å². The molecule has 0 bridgehead atoms. The van der Waals surface area contributed by atoms with E-state index in [-0.39, 0.29) is 41.3 Å². The molecule has 2 heterocycles. The van der Waals surface area contributed by atoms with Crippen LogP contribution in [0.1, 0.15) is 73.5 Å². The quantitative estimate of drug-likeness (QED) is 0.368. The molecule has 2 aliphatic rings. The second-order valence-electron chi connectivity index (χ2n) is 11.7. The number of hydrogen-bond acceptors (Lipinski definition) is 3. The van der Waals surface area contributed by atoms with Crippen LogP contribution in [-0.2, 0) is 15.0 Å². The first-order valence-corrected chi connectivity index (χ1v) is 14.7. The monoisotopic (exact) mass is 573 g/mol. The van der Waals surface area contributed by atoms with Gasteiger partial charge in [0.2, 0.25) is 11.8 Å². The largest absolute Gasteiger partial charge is 0.348 e. The first-order valence-electron chi connectivity index (χ1n) is 14.7. The smallest absolute Gasteiger partial charge is 0.253 e. The molecule has 3 amide bonds. The van der Waals surface area contributed by atoms with Gasteiger partial charge in [-0.2, -0.15) is 0 Å². The predicted molar refractivity (Wildman–Crippen MR) is 158 cm³/mol. The molecule has 5 rings (SSSR count). The van der Waals surface area contributed by atoms with Crippen LogP contribution in [0.5, 0.6) is 0 Å². The second-order valence-corrected chi connectivity index (χ2v) is 11.7. The fraction of sp³-hybridized carbons (Fsp3) is 0.382. The summed E-state index contributed by atoms with van der Waals surface area (Å²) in [5, 5.41) is 3.20. The van der Waals surface area contributed by atoms with E-state index in [4.69, 9.17) is 0 Å². The zero-order valence-electron chi connectivity index (χ0n) is 24.1. The number of nitrogens with one attached hydrogen (secondary N) is 1. The summed E-state index contributed by atoms with van der Waals surface area (Å²) in [4.78, 5) is 43.4. The lowest BCUT2D eigenvalue weighted by Gasteiger charge is -2.42. The van der Waals surface area contributed by atoms with Gasteiger partial charge < -0.3 is 15.1 Å². The van der Waals surface area contributed by atoms with Crippen molar-refractivity contribution in [2.24, 2.45) is 5.92 Å². The average molecular weight is 574 g/mol. The Morgan fingerprint density at radius 2 is 1.40 bits per heavy atom. The van der Waals surface area contributed by atoms with E-state index in [1.165, 1.54) is 24.3 Å². The summed E-state index contributed by atoms with van der Waals surface area (Å²) in [6.07, 6.45) is 3.14. The summed E-state index contributed by atoms with van der Waals surface area (Å²) in [5.41, 5.74) is 1.86. The van der Waals surface area contributed by atoms with E-state index in [1.54, 1.807) is 46.2 Å². The van der Waals surface area contributed by atoms with Gasteiger partial charge in [0.05, 0.1) is 11.5 Å². The van der Waals surface area contributed by atoms with Crippen LogP contribution in [0.25, 0.3) is 0 Å². The highest BCUT2D eigenvalue weighted by atomic mass is 19.1. The number of piperidine rings is 2. The van der Waals surface area contributed by atoms with Crippen molar-refractivity contribution in [2.45, 2.75) is 57.4 Å². The molecule has 42 heavy (non-hydrogen) atoms. The Morgan fingerprint density at radius 1 is 0.810 bits per heavy atom. The Hall–Kier alpha value is -4.07. The minimum absolute atomic E-state index is 0.0366. The van der Waals surface area contributed by atoms with Gasteiger partial charge in [-0.15, -0.1) is 0 Å². The molecule has 0 aromatic heterocycles. The standard InChI is InChI=1S/C34H37F2N3O3/c1-23(2)31(24-6-12-27(35)13-7-24)37-33(42)34(26-10-14-28(36)15-11-26)18-21-38(22-19-34)32(41)25-8-16-29(17-9-25)39-20-4-3-5-30(39)40/h6-17,23,31H,3-5,18-22H2,1-2H3,(H,37,42). The number of likely N-dealkylation sites (tertiary alicyclic amines) is 1. The third kappa shape index (κ3) is 6.08. The zero-order chi connectivity index (χ0) is 29.9. The van der Waals surface area contributed by atoms with Crippen molar-refractivity contribution < 1.29 is 23.2 Å². The number of rotatable bonds is 7. The van der Waals surface area contributed by atoms with Gasteiger partial charge in [-0.3, -0.25) is 14.4 Å². The van der Waals surface area contributed by atoms with Gasteiger partial charge in [0.1, 0.15) is 11.6 Å². The Balaban J connectivity index is 1.34. The molecule has 0 aliphatic carbocycles. The average Bonchev–Trinajstić information content (AvgIpc) is 3.00. The molecule has 0 radical (unpaired) electrons. The van der Waals surface area contributed by atoms with Crippen LogP contribution >= 0.6 is 0 Å². The van der Waals surface area contributed by atoms with Crippen LogP contribution in [0.4, 0.5) is 14.5 Å². The maximum Gasteiger partial charge on any atom is 0.253 e. The van der Waals surface area contributed by atoms with Crippen LogP contribution in [0.2, 0.25) is 0 Å². The summed E-state index contributed by atoms with van der Waals surface area (Å²) >= 11 is 0. The fourth-order valence-corrected chi connectivity index (χ4v) is 6.14. The molecule has 2 saturated heterocycles. The van der Waals surface area contributed by atoms with E-state index in [1.807, 2.05) is 26.0 Å². The van der Waals surface area contributed by atoms with Crippen molar-refractivity contribution in [3.8, 4) is 0 Å². The molecule has 6 nitrogen and oxygen atoms in total. The van der Waals surface area contributed by atoms with E-state index in [2.05, 4.69) is 5.32 Å². The normalized spacial score (nSPS) is 17.7. The first-order chi connectivity index (χ1) is 20.2. The summed E-state index contributed by atoms with van der Waals surface area (Å²) in [7, 11) is 0. The summed E-state index contributed by atoms with van der Waals surface area (Å²) < 4.78 is 27.5. The van der Waals surface area contributed by atoms with Crippen molar-refractivity contribution in [2.75, 3.05) is 24.5 Å². The molecule has 0 saturated carbocycles. The maximum atomic E-state index is 14.1. The summed E-state index contributed by atoms with van der Waals surface area (Å²) in [6.45, 7) is 5.36. The molecular formula is C34H37F2N3O3. The number of benzene rings is 3. The highest BCUT2D eigenvalue weighted by Crippen LogP contribution is 2.38. The highest BCUT2D eigenvalue weighted by Gasteiger charge is 2.44. The molecule has 8 heteroatoms. The number of carbonyl (C=O) groups is 3. The Bertz CT molecular complexity index is 1410. The van der Waals surface area contributed by atoms with Crippen molar-refractivity contribution in [3.63, 3.8) is 0 Å². The van der Waals surface area contributed by atoms with Crippen LogP contribution in [0.3, 0.4) is 0 Å². The van der Waals surface area contributed by atoms with Crippen molar-refractivity contribution >= 4 is 23.4 Å². The zero-order valence-corrected chi connectivity index (χ0v) is 24.1. The van der Waals surface area contributed by atoms with Crippen LogP contribution in [-0.4, -0.2) is 42.3 Å². The van der Waals surface area contributed by atoms with Gasteiger partial charge in [0, 0.05) is 37.3 Å². The topological polar surface area (TPSA) is 69.7 Å². The number of halogens is 2. The summed E-state index contributed by atoms with van der Waals surface area (Å²) in [5.74, 6) is -0.920. The predicted octanol–water partition coefficient (Wildman–Crippen LogP) is 6.17. The molecule has 1 atom stereocenters. The van der Waals surface area contributed by atoms with Gasteiger partial charge in [0.15, 0.2) is 0 Å². The molecule has 1 unspecified atom stereocenters. The molecule has 220 valence electrons. The lowest BCUT2D eigenvalue weighted by Crippen LogP contribution is -2.53.